The zero-order valence-electron chi connectivity index (χ0n) is 14.5. The molecule has 0 atom stereocenters. The third-order valence-corrected chi connectivity index (χ3v) is 6.42. The molecule has 9 heteroatoms. The average molecular weight is 386 g/mol. The molecule has 0 spiro atoms. The zero-order chi connectivity index (χ0) is 19.4. The zero-order valence-corrected chi connectivity index (χ0v) is 15.3. The van der Waals surface area contributed by atoms with Crippen molar-refractivity contribution in [3.8, 4) is 6.07 Å². The van der Waals surface area contributed by atoms with Gasteiger partial charge in [0.15, 0.2) is 0 Å². The quantitative estimate of drug-likeness (QED) is 0.574. The molecule has 3 rings (SSSR count). The number of hydrogen-bond donors (Lipinski definition) is 0. The van der Waals surface area contributed by atoms with E-state index in [9.17, 15) is 23.8 Å². The number of benzene rings is 2. The molecule has 0 N–H and O–H groups in total. The SMILES string of the molecule is N#Cc1ccccc1CN1CCN(S(=O)(=O)c2cccc([N+](=O)[O-])c2)CC1. The van der Waals surface area contributed by atoms with Crippen LogP contribution in [0, 0.1) is 21.4 Å². The second-order valence-electron chi connectivity index (χ2n) is 6.20. The highest BCUT2D eigenvalue weighted by atomic mass is 32.2. The van der Waals surface area contributed by atoms with Crippen LogP contribution >= 0.6 is 0 Å². The summed E-state index contributed by atoms with van der Waals surface area (Å²) in [6, 6.07) is 14.6. The second-order valence-corrected chi connectivity index (χ2v) is 8.14. The van der Waals surface area contributed by atoms with Crippen molar-refractivity contribution in [1.29, 1.82) is 5.26 Å². The van der Waals surface area contributed by atoms with Crippen LogP contribution in [0.1, 0.15) is 11.1 Å². The van der Waals surface area contributed by atoms with Crippen molar-refractivity contribution in [2.75, 3.05) is 26.2 Å². The molecule has 1 aliphatic heterocycles. The first-order chi connectivity index (χ1) is 12.9. The molecule has 0 bridgehead atoms. The van der Waals surface area contributed by atoms with Gasteiger partial charge >= 0.3 is 0 Å². The predicted molar refractivity (Wildman–Crippen MR) is 98.3 cm³/mol. The van der Waals surface area contributed by atoms with Gasteiger partial charge in [0.05, 0.1) is 21.5 Å². The fraction of sp³-hybridized carbons (Fsp3) is 0.278. The van der Waals surface area contributed by atoms with E-state index >= 15 is 0 Å². The number of nitro benzene ring substituents is 1. The van der Waals surface area contributed by atoms with Crippen LogP contribution in [-0.2, 0) is 16.6 Å². The monoisotopic (exact) mass is 386 g/mol. The molecule has 1 saturated heterocycles. The van der Waals surface area contributed by atoms with Gasteiger partial charge in [0.25, 0.3) is 5.69 Å². The van der Waals surface area contributed by atoms with Crippen molar-refractivity contribution in [3.63, 3.8) is 0 Å². The van der Waals surface area contributed by atoms with Gasteiger partial charge in [-0.25, -0.2) is 8.42 Å². The van der Waals surface area contributed by atoms with Crippen molar-refractivity contribution < 1.29 is 13.3 Å². The molecule has 0 aliphatic carbocycles. The standard InChI is InChI=1S/C18H18N4O4S/c19-13-15-4-1-2-5-16(15)14-20-8-10-21(11-9-20)27(25,26)18-7-3-6-17(12-18)22(23)24/h1-7,12H,8-11,14H2. The van der Waals surface area contributed by atoms with Gasteiger partial charge < -0.3 is 0 Å². The Morgan fingerprint density at radius 1 is 1.07 bits per heavy atom. The molecule has 1 fully saturated rings. The van der Waals surface area contributed by atoms with Crippen molar-refractivity contribution >= 4 is 15.7 Å². The Bertz CT molecular complexity index is 992. The Morgan fingerprint density at radius 2 is 1.78 bits per heavy atom. The molecule has 0 radical (unpaired) electrons. The summed E-state index contributed by atoms with van der Waals surface area (Å²) in [4.78, 5) is 12.3. The van der Waals surface area contributed by atoms with Gasteiger partial charge in [0.2, 0.25) is 10.0 Å². The van der Waals surface area contributed by atoms with Gasteiger partial charge in [-0.05, 0) is 17.7 Å². The van der Waals surface area contributed by atoms with Crippen molar-refractivity contribution in [1.82, 2.24) is 9.21 Å². The molecule has 2 aromatic rings. The lowest BCUT2D eigenvalue weighted by Crippen LogP contribution is -2.48. The van der Waals surface area contributed by atoms with E-state index in [1.54, 1.807) is 6.07 Å². The summed E-state index contributed by atoms with van der Waals surface area (Å²) >= 11 is 0. The predicted octanol–water partition coefficient (Wildman–Crippen LogP) is 1.97. The van der Waals surface area contributed by atoms with Crippen LogP contribution in [0.5, 0.6) is 0 Å². The largest absolute Gasteiger partial charge is 0.296 e. The minimum absolute atomic E-state index is 0.0695. The van der Waals surface area contributed by atoms with E-state index < -0.39 is 14.9 Å². The molecule has 140 valence electrons. The molecular weight excluding hydrogens is 368 g/mol. The van der Waals surface area contributed by atoms with Crippen LogP contribution in [0.25, 0.3) is 0 Å². The summed E-state index contributed by atoms with van der Waals surface area (Å²) < 4.78 is 26.9. The van der Waals surface area contributed by atoms with Gasteiger partial charge in [-0.3, -0.25) is 15.0 Å². The first kappa shape index (κ1) is 19.0. The summed E-state index contributed by atoms with van der Waals surface area (Å²) in [5.74, 6) is 0. The number of piperazine rings is 1. The molecule has 0 unspecified atom stereocenters. The highest BCUT2D eigenvalue weighted by Gasteiger charge is 2.29. The summed E-state index contributed by atoms with van der Waals surface area (Å²) in [6.45, 7) is 2.20. The molecule has 0 aromatic heterocycles. The van der Waals surface area contributed by atoms with E-state index in [0.29, 0.717) is 38.3 Å². The number of nitriles is 1. The van der Waals surface area contributed by atoms with Crippen LogP contribution in [0.2, 0.25) is 0 Å². The summed E-state index contributed by atoms with van der Waals surface area (Å²) in [5, 5.41) is 20.1. The Morgan fingerprint density at radius 3 is 2.44 bits per heavy atom. The van der Waals surface area contributed by atoms with E-state index in [1.807, 2.05) is 18.2 Å². The van der Waals surface area contributed by atoms with E-state index in [4.69, 9.17) is 0 Å². The summed E-state index contributed by atoms with van der Waals surface area (Å²) in [5.41, 5.74) is 1.28. The Kier molecular flexibility index (Phi) is 5.51. The maximum absolute atomic E-state index is 12.8. The van der Waals surface area contributed by atoms with E-state index in [-0.39, 0.29) is 10.6 Å². The van der Waals surface area contributed by atoms with E-state index in [0.717, 1.165) is 11.6 Å². The van der Waals surface area contributed by atoms with Gasteiger partial charge in [-0.15, -0.1) is 0 Å². The first-order valence-corrected chi connectivity index (χ1v) is 9.81. The third kappa shape index (κ3) is 4.14. The van der Waals surface area contributed by atoms with Crippen LogP contribution in [0.4, 0.5) is 5.69 Å². The third-order valence-electron chi connectivity index (χ3n) is 4.53. The number of non-ortho nitro benzene ring substituents is 1. The van der Waals surface area contributed by atoms with Crippen molar-refractivity contribution in [3.05, 3.63) is 69.8 Å². The number of hydrogen-bond acceptors (Lipinski definition) is 6. The normalized spacial score (nSPS) is 16.0. The van der Waals surface area contributed by atoms with E-state index in [2.05, 4.69) is 11.0 Å². The molecule has 0 saturated carbocycles. The Hall–Kier alpha value is -2.80. The number of nitro groups is 1. The van der Waals surface area contributed by atoms with Crippen LogP contribution in [-0.4, -0.2) is 48.7 Å². The maximum Gasteiger partial charge on any atom is 0.270 e. The van der Waals surface area contributed by atoms with Gasteiger partial charge in [-0.1, -0.05) is 24.3 Å². The topological polar surface area (TPSA) is 108 Å². The fourth-order valence-electron chi connectivity index (χ4n) is 3.04. The molecule has 1 heterocycles. The lowest BCUT2D eigenvalue weighted by molar-refractivity contribution is -0.385. The van der Waals surface area contributed by atoms with Crippen LogP contribution < -0.4 is 0 Å². The smallest absolute Gasteiger partial charge is 0.270 e. The van der Waals surface area contributed by atoms with Crippen LogP contribution in [0.15, 0.2) is 53.4 Å². The number of rotatable bonds is 5. The second kappa shape index (κ2) is 7.84. The molecule has 1 aliphatic rings. The number of sulfonamides is 1. The van der Waals surface area contributed by atoms with E-state index in [1.165, 1.54) is 22.5 Å². The molecule has 27 heavy (non-hydrogen) atoms. The molecular formula is C18H18N4O4S. The highest BCUT2D eigenvalue weighted by Crippen LogP contribution is 2.22. The van der Waals surface area contributed by atoms with Gasteiger partial charge in [0.1, 0.15) is 0 Å². The Labute approximate surface area is 157 Å². The highest BCUT2D eigenvalue weighted by molar-refractivity contribution is 7.89. The maximum atomic E-state index is 12.8. The summed E-state index contributed by atoms with van der Waals surface area (Å²) in [6.07, 6.45) is 0. The minimum atomic E-state index is -3.78. The molecule has 8 nitrogen and oxygen atoms in total. The number of nitrogens with zero attached hydrogens (tertiary/aromatic N) is 4. The fourth-order valence-corrected chi connectivity index (χ4v) is 4.51. The average Bonchev–Trinajstić information content (AvgIpc) is 2.69. The van der Waals surface area contributed by atoms with Crippen molar-refractivity contribution in [2.45, 2.75) is 11.4 Å². The lowest BCUT2D eigenvalue weighted by Gasteiger charge is -2.34. The summed E-state index contributed by atoms with van der Waals surface area (Å²) in [7, 11) is -3.78. The van der Waals surface area contributed by atoms with Gasteiger partial charge in [-0.2, -0.15) is 9.57 Å². The van der Waals surface area contributed by atoms with Crippen LogP contribution in [0.3, 0.4) is 0 Å². The van der Waals surface area contributed by atoms with Gasteiger partial charge in [0, 0.05) is 44.9 Å². The molecule has 2 aromatic carbocycles. The minimum Gasteiger partial charge on any atom is -0.296 e. The molecule has 0 amide bonds. The Balaban J connectivity index is 1.69. The van der Waals surface area contributed by atoms with Crippen molar-refractivity contribution in [2.24, 2.45) is 0 Å². The lowest BCUT2D eigenvalue weighted by atomic mass is 10.1. The first-order valence-electron chi connectivity index (χ1n) is 8.37.